The Morgan fingerprint density at radius 1 is 1.21 bits per heavy atom. The van der Waals surface area contributed by atoms with E-state index in [0.29, 0.717) is 23.9 Å². The summed E-state index contributed by atoms with van der Waals surface area (Å²) in [7, 11) is 3.88. The predicted molar refractivity (Wildman–Crippen MR) is 78.7 cm³/mol. The van der Waals surface area contributed by atoms with Gasteiger partial charge in [-0.15, -0.1) is 0 Å². The monoisotopic (exact) mass is 264 g/mol. The molecule has 19 heavy (non-hydrogen) atoms. The molecule has 1 fully saturated rings. The minimum Gasteiger partial charge on any atom is -0.354 e. The smallest absolute Gasteiger partial charge is 0.231 e. The third-order valence-electron chi connectivity index (χ3n) is 3.24. The van der Waals surface area contributed by atoms with E-state index in [-0.39, 0.29) is 0 Å². The molecule has 1 aliphatic carbocycles. The van der Waals surface area contributed by atoms with Gasteiger partial charge in [0.1, 0.15) is 0 Å². The minimum atomic E-state index is 0.427. The fourth-order valence-electron chi connectivity index (χ4n) is 1.86. The minimum absolute atomic E-state index is 0.427. The molecule has 2 rings (SSSR count). The number of anilines is 3. The number of nitrogens with one attached hydrogen (secondary N) is 2. The van der Waals surface area contributed by atoms with Crippen LogP contribution in [0.2, 0.25) is 0 Å². The van der Waals surface area contributed by atoms with E-state index in [1.54, 1.807) is 0 Å². The highest BCUT2D eigenvalue weighted by Gasteiger charge is 2.28. The maximum Gasteiger partial charge on any atom is 0.231 e. The summed E-state index contributed by atoms with van der Waals surface area (Å²) < 4.78 is 0. The summed E-state index contributed by atoms with van der Waals surface area (Å²) in [6, 6.07) is 0.427. The summed E-state index contributed by atoms with van der Waals surface area (Å²) in [5.74, 6) is 2.76. The van der Waals surface area contributed by atoms with Gasteiger partial charge < -0.3 is 15.5 Å². The molecule has 0 bridgehead atoms. The van der Waals surface area contributed by atoms with Crippen molar-refractivity contribution in [3.63, 3.8) is 0 Å². The highest BCUT2D eigenvalue weighted by Crippen LogP contribution is 2.33. The van der Waals surface area contributed by atoms with Crippen LogP contribution in [-0.4, -0.2) is 41.6 Å². The van der Waals surface area contributed by atoms with Crippen LogP contribution in [0.15, 0.2) is 0 Å². The first-order valence-corrected chi connectivity index (χ1v) is 7.04. The zero-order valence-electron chi connectivity index (χ0n) is 12.3. The average Bonchev–Trinajstić information content (AvgIpc) is 3.20. The Hall–Kier alpha value is -1.59. The molecule has 6 heteroatoms. The first-order valence-electron chi connectivity index (χ1n) is 7.04. The van der Waals surface area contributed by atoms with Crippen molar-refractivity contribution in [3.05, 3.63) is 0 Å². The van der Waals surface area contributed by atoms with Crippen molar-refractivity contribution in [1.29, 1.82) is 0 Å². The van der Waals surface area contributed by atoms with E-state index in [0.717, 1.165) is 18.9 Å². The molecule has 1 saturated carbocycles. The van der Waals surface area contributed by atoms with Crippen LogP contribution >= 0.6 is 0 Å². The van der Waals surface area contributed by atoms with Gasteiger partial charge in [0.05, 0.1) is 0 Å². The number of aromatic nitrogens is 3. The molecule has 106 valence electrons. The van der Waals surface area contributed by atoms with Crippen LogP contribution in [-0.2, 0) is 0 Å². The summed E-state index contributed by atoms with van der Waals surface area (Å²) >= 11 is 0. The number of rotatable bonds is 7. The van der Waals surface area contributed by atoms with Crippen molar-refractivity contribution in [3.8, 4) is 0 Å². The molecule has 0 amide bonds. The van der Waals surface area contributed by atoms with Crippen molar-refractivity contribution in [2.24, 2.45) is 5.92 Å². The van der Waals surface area contributed by atoms with Gasteiger partial charge in [-0.3, -0.25) is 0 Å². The van der Waals surface area contributed by atoms with Crippen LogP contribution in [0.25, 0.3) is 0 Å². The molecule has 0 saturated heterocycles. The quantitative estimate of drug-likeness (QED) is 0.785. The second-order valence-electron chi connectivity index (χ2n) is 5.37. The van der Waals surface area contributed by atoms with Gasteiger partial charge in [-0.1, -0.05) is 6.92 Å². The van der Waals surface area contributed by atoms with E-state index in [1.807, 2.05) is 19.0 Å². The van der Waals surface area contributed by atoms with Crippen molar-refractivity contribution >= 4 is 17.8 Å². The molecule has 2 N–H and O–H groups in total. The molecule has 1 unspecified atom stereocenters. The van der Waals surface area contributed by atoms with Gasteiger partial charge in [-0.05, 0) is 32.1 Å². The molecule has 0 radical (unpaired) electrons. The van der Waals surface area contributed by atoms with E-state index >= 15 is 0 Å². The second-order valence-corrected chi connectivity index (χ2v) is 5.37. The van der Waals surface area contributed by atoms with Crippen LogP contribution in [0, 0.1) is 5.92 Å². The Labute approximate surface area is 115 Å². The van der Waals surface area contributed by atoms with Crippen LogP contribution in [0.1, 0.15) is 33.1 Å². The van der Waals surface area contributed by atoms with Gasteiger partial charge in [-0.2, -0.15) is 15.0 Å². The predicted octanol–water partition coefficient (Wildman–Crippen LogP) is 1.97. The highest BCUT2D eigenvalue weighted by molar-refractivity contribution is 5.43. The number of hydrogen-bond donors (Lipinski definition) is 2. The summed E-state index contributed by atoms with van der Waals surface area (Å²) in [4.78, 5) is 15.2. The molecule has 1 atom stereocenters. The van der Waals surface area contributed by atoms with Crippen molar-refractivity contribution < 1.29 is 0 Å². The maximum atomic E-state index is 4.44. The van der Waals surface area contributed by atoms with E-state index in [1.165, 1.54) is 12.8 Å². The molecule has 0 aliphatic heterocycles. The highest BCUT2D eigenvalue weighted by atomic mass is 15.3. The standard InChI is InChI=1S/C13H24N6/c1-5-8-14-11-16-12(15-9(2)10-6-7-10)18-13(17-11)19(3)4/h9-10H,5-8H2,1-4H3,(H2,14,15,16,17,18). The Kier molecular flexibility index (Phi) is 4.39. The third kappa shape index (κ3) is 3.94. The van der Waals surface area contributed by atoms with Gasteiger partial charge in [0, 0.05) is 26.7 Å². The lowest BCUT2D eigenvalue weighted by Gasteiger charge is -2.16. The second kappa shape index (κ2) is 6.04. The van der Waals surface area contributed by atoms with Crippen LogP contribution in [0.3, 0.4) is 0 Å². The summed E-state index contributed by atoms with van der Waals surface area (Å²) in [6.07, 6.45) is 3.66. The molecule has 1 aromatic heterocycles. The number of nitrogens with zero attached hydrogens (tertiary/aromatic N) is 4. The molecular weight excluding hydrogens is 240 g/mol. The van der Waals surface area contributed by atoms with Gasteiger partial charge in [0.2, 0.25) is 17.8 Å². The molecule has 6 nitrogen and oxygen atoms in total. The molecule has 1 heterocycles. The third-order valence-corrected chi connectivity index (χ3v) is 3.24. The molecular formula is C13H24N6. The van der Waals surface area contributed by atoms with Gasteiger partial charge in [0.15, 0.2) is 0 Å². The van der Waals surface area contributed by atoms with Crippen molar-refractivity contribution in [2.45, 2.75) is 39.2 Å². The van der Waals surface area contributed by atoms with Crippen molar-refractivity contribution in [2.75, 3.05) is 36.2 Å². The Balaban J connectivity index is 2.12. The molecule has 0 aromatic carbocycles. The zero-order valence-corrected chi connectivity index (χ0v) is 12.3. The lowest BCUT2D eigenvalue weighted by Crippen LogP contribution is -2.22. The summed E-state index contributed by atoms with van der Waals surface area (Å²) in [5, 5.41) is 6.61. The van der Waals surface area contributed by atoms with E-state index in [2.05, 4.69) is 39.4 Å². The SMILES string of the molecule is CCCNc1nc(NC(C)C2CC2)nc(N(C)C)n1. The lowest BCUT2D eigenvalue weighted by molar-refractivity contribution is 0.685. The summed E-state index contributed by atoms with van der Waals surface area (Å²) in [6.45, 7) is 5.18. The van der Waals surface area contributed by atoms with Crippen LogP contribution in [0.5, 0.6) is 0 Å². The molecule has 1 aromatic rings. The van der Waals surface area contributed by atoms with Crippen LogP contribution < -0.4 is 15.5 Å². The zero-order chi connectivity index (χ0) is 13.8. The fourth-order valence-corrected chi connectivity index (χ4v) is 1.86. The Morgan fingerprint density at radius 3 is 2.47 bits per heavy atom. The average molecular weight is 264 g/mol. The maximum absolute atomic E-state index is 4.44. The fraction of sp³-hybridized carbons (Fsp3) is 0.769. The van der Waals surface area contributed by atoms with E-state index in [9.17, 15) is 0 Å². The Bertz CT molecular complexity index is 416. The van der Waals surface area contributed by atoms with E-state index < -0.39 is 0 Å². The van der Waals surface area contributed by atoms with Crippen molar-refractivity contribution in [1.82, 2.24) is 15.0 Å². The summed E-state index contributed by atoms with van der Waals surface area (Å²) in [5.41, 5.74) is 0. The lowest BCUT2D eigenvalue weighted by atomic mass is 10.2. The van der Waals surface area contributed by atoms with Gasteiger partial charge in [-0.25, -0.2) is 0 Å². The molecule has 1 aliphatic rings. The molecule has 0 spiro atoms. The van der Waals surface area contributed by atoms with E-state index in [4.69, 9.17) is 0 Å². The first kappa shape index (κ1) is 13.8. The largest absolute Gasteiger partial charge is 0.354 e. The normalized spacial score (nSPS) is 16.0. The first-order chi connectivity index (χ1) is 9.10. The van der Waals surface area contributed by atoms with Gasteiger partial charge in [0.25, 0.3) is 0 Å². The Morgan fingerprint density at radius 2 is 1.89 bits per heavy atom. The topological polar surface area (TPSA) is 66.0 Å². The van der Waals surface area contributed by atoms with Gasteiger partial charge >= 0.3 is 0 Å². The van der Waals surface area contributed by atoms with Crippen LogP contribution in [0.4, 0.5) is 17.8 Å². The number of hydrogen-bond acceptors (Lipinski definition) is 6.